The highest BCUT2D eigenvalue weighted by Gasteiger charge is 2.21. The summed E-state index contributed by atoms with van der Waals surface area (Å²) in [6.07, 6.45) is 3.46. The van der Waals surface area contributed by atoms with Crippen LogP contribution in [-0.2, 0) is 0 Å². The highest BCUT2D eigenvalue weighted by atomic mass is 79.9. The molecule has 10 heteroatoms. The molecule has 136 valence electrons. The number of nitrogens with one attached hydrogen (secondary N) is 1. The molecule has 0 unspecified atom stereocenters. The number of rotatable bonds is 3. The summed E-state index contributed by atoms with van der Waals surface area (Å²) in [5, 5.41) is 12.9. The lowest BCUT2D eigenvalue weighted by atomic mass is 10.2. The van der Waals surface area contributed by atoms with Gasteiger partial charge in [-0.2, -0.15) is 0 Å². The summed E-state index contributed by atoms with van der Waals surface area (Å²) in [6, 6.07) is 4.66. The van der Waals surface area contributed by atoms with E-state index >= 15 is 0 Å². The molecule has 0 spiro atoms. The molecule has 1 aliphatic heterocycles. The zero-order valence-corrected chi connectivity index (χ0v) is 16.7. The first-order chi connectivity index (χ1) is 12.4. The predicted molar refractivity (Wildman–Crippen MR) is 108 cm³/mol. The number of aromatic carboxylic acids is 1. The SMILES string of the molecule is O=C(O)c1ccc(NC(=S)N2CCN(c3ncc(Br)cn3)CC2)cc1Cl. The van der Waals surface area contributed by atoms with E-state index in [1.807, 2.05) is 4.90 Å². The van der Waals surface area contributed by atoms with E-state index in [0.717, 1.165) is 30.7 Å². The number of carboxylic acid groups (broad SMARTS) is 1. The predicted octanol–water partition coefficient (Wildman–Crippen LogP) is 3.11. The van der Waals surface area contributed by atoms with Crippen LogP contribution in [0, 0.1) is 0 Å². The van der Waals surface area contributed by atoms with Crippen molar-refractivity contribution in [1.82, 2.24) is 14.9 Å². The average Bonchev–Trinajstić information content (AvgIpc) is 2.62. The van der Waals surface area contributed by atoms with Gasteiger partial charge in [0.1, 0.15) is 0 Å². The van der Waals surface area contributed by atoms with Crippen molar-refractivity contribution in [2.45, 2.75) is 0 Å². The van der Waals surface area contributed by atoms with E-state index in [9.17, 15) is 4.79 Å². The number of carbonyl (C=O) groups is 1. The second-order valence-corrected chi connectivity index (χ2v) is 7.31. The molecule has 0 radical (unpaired) electrons. The Morgan fingerprint density at radius 2 is 1.88 bits per heavy atom. The number of halogens is 2. The Balaban J connectivity index is 1.57. The molecule has 0 saturated carbocycles. The third-order valence-electron chi connectivity index (χ3n) is 3.91. The maximum absolute atomic E-state index is 11.0. The molecular formula is C16H15BrClN5O2S. The molecule has 26 heavy (non-hydrogen) atoms. The Bertz CT molecular complexity index is 828. The summed E-state index contributed by atoms with van der Waals surface area (Å²) in [5.41, 5.74) is 0.718. The summed E-state index contributed by atoms with van der Waals surface area (Å²) in [4.78, 5) is 23.8. The molecule has 0 bridgehead atoms. The van der Waals surface area contributed by atoms with Crippen LogP contribution in [0.1, 0.15) is 10.4 Å². The van der Waals surface area contributed by atoms with Crippen LogP contribution in [-0.4, -0.2) is 57.2 Å². The molecule has 2 aromatic rings. The normalized spacial score (nSPS) is 14.2. The van der Waals surface area contributed by atoms with E-state index in [4.69, 9.17) is 28.9 Å². The molecule has 3 rings (SSSR count). The van der Waals surface area contributed by atoms with Gasteiger partial charge in [0.15, 0.2) is 5.11 Å². The zero-order valence-electron chi connectivity index (χ0n) is 13.5. The number of piperazine rings is 1. The summed E-state index contributed by atoms with van der Waals surface area (Å²) >= 11 is 14.8. The third kappa shape index (κ3) is 4.40. The molecule has 1 aromatic heterocycles. The fourth-order valence-corrected chi connectivity index (χ4v) is 3.31. The van der Waals surface area contributed by atoms with Gasteiger partial charge in [-0.05, 0) is 46.3 Å². The summed E-state index contributed by atoms with van der Waals surface area (Å²) < 4.78 is 0.845. The topological polar surface area (TPSA) is 81.6 Å². The molecule has 7 nitrogen and oxygen atoms in total. The van der Waals surface area contributed by atoms with Gasteiger partial charge in [-0.3, -0.25) is 0 Å². The minimum Gasteiger partial charge on any atom is -0.478 e. The molecule has 2 heterocycles. The molecular weight excluding hydrogens is 442 g/mol. The number of carboxylic acids is 1. The average molecular weight is 457 g/mol. The summed E-state index contributed by atoms with van der Waals surface area (Å²) in [6.45, 7) is 2.96. The van der Waals surface area contributed by atoms with Gasteiger partial charge in [0.2, 0.25) is 5.95 Å². The second-order valence-electron chi connectivity index (χ2n) is 5.61. The minimum absolute atomic E-state index is 0.0613. The number of aromatic nitrogens is 2. The van der Waals surface area contributed by atoms with Gasteiger partial charge >= 0.3 is 5.97 Å². The van der Waals surface area contributed by atoms with Crippen LogP contribution < -0.4 is 10.2 Å². The van der Waals surface area contributed by atoms with Crippen LogP contribution in [0.4, 0.5) is 11.6 Å². The lowest BCUT2D eigenvalue weighted by Crippen LogP contribution is -2.50. The van der Waals surface area contributed by atoms with E-state index < -0.39 is 5.97 Å². The number of thiocarbonyl (C=S) groups is 1. The Morgan fingerprint density at radius 1 is 1.23 bits per heavy atom. The molecule has 0 amide bonds. The van der Waals surface area contributed by atoms with Crippen molar-refractivity contribution in [3.05, 3.63) is 45.7 Å². The quantitative estimate of drug-likeness (QED) is 0.682. The van der Waals surface area contributed by atoms with Crippen molar-refractivity contribution in [3.8, 4) is 0 Å². The monoisotopic (exact) mass is 455 g/mol. The molecule has 2 N–H and O–H groups in total. The summed E-state index contributed by atoms with van der Waals surface area (Å²) in [5.74, 6) is -0.363. The highest BCUT2D eigenvalue weighted by Crippen LogP contribution is 2.21. The largest absolute Gasteiger partial charge is 0.478 e. The second kappa shape index (κ2) is 8.15. The fourth-order valence-electron chi connectivity index (χ4n) is 2.55. The van der Waals surface area contributed by atoms with Crippen LogP contribution in [0.5, 0.6) is 0 Å². The van der Waals surface area contributed by atoms with Crippen LogP contribution >= 0.6 is 39.7 Å². The summed E-state index contributed by atoms with van der Waals surface area (Å²) in [7, 11) is 0. The smallest absolute Gasteiger partial charge is 0.337 e. The van der Waals surface area contributed by atoms with Crippen LogP contribution in [0.2, 0.25) is 5.02 Å². The minimum atomic E-state index is -1.06. The number of benzene rings is 1. The van der Waals surface area contributed by atoms with Crippen molar-refractivity contribution in [3.63, 3.8) is 0 Å². The van der Waals surface area contributed by atoms with Gasteiger partial charge in [-0.1, -0.05) is 11.6 Å². The van der Waals surface area contributed by atoms with Gasteiger partial charge in [-0.15, -0.1) is 0 Å². The van der Waals surface area contributed by atoms with Gasteiger partial charge in [0.25, 0.3) is 0 Å². The van der Waals surface area contributed by atoms with Crippen LogP contribution in [0.3, 0.4) is 0 Å². The van der Waals surface area contributed by atoms with Gasteiger partial charge in [-0.25, -0.2) is 14.8 Å². The van der Waals surface area contributed by atoms with E-state index in [1.54, 1.807) is 24.5 Å². The van der Waals surface area contributed by atoms with Crippen molar-refractivity contribution in [1.29, 1.82) is 0 Å². The van der Waals surface area contributed by atoms with E-state index in [2.05, 4.69) is 36.1 Å². The Morgan fingerprint density at radius 3 is 2.46 bits per heavy atom. The zero-order chi connectivity index (χ0) is 18.7. The molecule has 1 aliphatic rings. The van der Waals surface area contributed by atoms with Crippen LogP contribution in [0.15, 0.2) is 35.1 Å². The fraction of sp³-hybridized carbons (Fsp3) is 0.250. The maximum Gasteiger partial charge on any atom is 0.337 e. The Kier molecular flexibility index (Phi) is 5.90. The Hall–Kier alpha value is -1.97. The van der Waals surface area contributed by atoms with Gasteiger partial charge in [0.05, 0.1) is 15.1 Å². The number of nitrogens with zero attached hydrogens (tertiary/aromatic N) is 4. The van der Waals surface area contributed by atoms with E-state index in [-0.39, 0.29) is 10.6 Å². The molecule has 1 saturated heterocycles. The third-order valence-corrected chi connectivity index (χ3v) is 4.99. The van der Waals surface area contributed by atoms with Crippen molar-refractivity contribution < 1.29 is 9.90 Å². The van der Waals surface area contributed by atoms with Gasteiger partial charge in [0, 0.05) is 44.3 Å². The molecule has 1 fully saturated rings. The number of anilines is 2. The highest BCUT2D eigenvalue weighted by molar-refractivity contribution is 9.10. The lowest BCUT2D eigenvalue weighted by Gasteiger charge is -2.36. The number of hydrogen-bond acceptors (Lipinski definition) is 5. The first-order valence-corrected chi connectivity index (χ1v) is 9.33. The maximum atomic E-state index is 11.0. The standard InChI is InChI=1S/C16H15BrClN5O2S/c17-10-8-19-15(20-9-10)22-3-5-23(6-4-22)16(26)21-11-1-2-12(14(24)25)13(18)7-11/h1-2,7-9H,3-6H2,(H,21,26)(H,24,25). The van der Waals surface area contributed by atoms with Crippen molar-refractivity contribution in [2.24, 2.45) is 0 Å². The first-order valence-electron chi connectivity index (χ1n) is 7.75. The number of hydrogen-bond donors (Lipinski definition) is 2. The van der Waals surface area contributed by atoms with Crippen molar-refractivity contribution in [2.75, 3.05) is 36.4 Å². The molecule has 0 atom stereocenters. The lowest BCUT2D eigenvalue weighted by molar-refractivity contribution is 0.0697. The van der Waals surface area contributed by atoms with E-state index in [0.29, 0.717) is 16.7 Å². The Labute approximate surface area is 169 Å². The molecule has 1 aromatic carbocycles. The van der Waals surface area contributed by atoms with Crippen molar-refractivity contribution >= 4 is 62.5 Å². The van der Waals surface area contributed by atoms with Gasteiger partial charge < -0.3 is 20.2 Å². The molecule has 0 aliphatic carbocycles. The van der Waals surface area contributed by atoms with Crippen LogP contribution in [0.25, 0.3) is 0 Å². The van der Waals surface area contributed by atoms with E-state index in [1.165, 1.54) is 6.07 Å². The first kappa shape index (κ1) is 18.8.